The van der Waals surface area contributed by atoms with Gasteiger partial charge in [0.25, 0.3) is 0 Å². The number of fused-ring (bicyclic) bond motifs is 1. The van der Waals surface area contributed by atoms with Crippen molar-refractivity contribution in [2.45, 2.75) is 25.9 Å². The van der Waals surface area contributed by atoms with Crippen molar-refractivity contribution in [2.24, 2.45) is 11.7 Å². The van der Waals surface area contributed by atoms with Crippen LogP contribution in [0.2, 0.25) is 0 Å². The Morgan fingerprint density at radius 2 is 2.37 bits per heavy atom. The van der Waals surface area contributed by atoms with Crippen LogP contribution in [-0.2, 0) is 11.3 Å². The summed E-state index contributed by atoms with van der Waals surface area (Å²) in [6, 6.07) is 5.70. The molecule has 0 aliphatic carbocycles. The maximum atomic E-state index is 11.7. The molecule has 5 heteroatoms. The van der Waals surface area contributed by atoms with Gasteiger partial charge in [-0.15, -0.1) is 0 Å². The number of oxazole rings is 1. The van der Waals surface area contributed by atoms with E-state index in [0.29, 0.717) is 24.7 Å². The molecule has 1 aromatic heterocycles. The van der Waals surface area contributed by atoms with Crippen molar-refractivity contribution in [3.63, 3.8) is 0 Å². The number of ether oxygens (including phenoxy) is 1. The molecular formula is C14H18N2O3. The Kier molecular flexibility index (Phi) is 3.16. The minimum absolute atomic E-state index is 0.0674. The van der Waals surface area contributed by atoms with Gasteiger partial charge in [-0.2, -0.15) is 0 Å². The van der Waals surface area contributed by atoms with Gasteiger partial charge in [-0.1, -0.05) is 6.07 Å². The summed E-state index contributed by atoms with van der Waals surface area (Å²) in [6.45, 7) is 4.01. The van der Waals surface area contributed by atoms with Crippen molar-refractivity contribution >= 4 is 11.1 Å². The molecule has 1 aliphatic rings. The second-order valence-corrected chi connectivity index (χ2v) is 4.99. The molecule has 2 heterocycles. The van der Waals surface area contributed by atoms with Gasteiger partial charge in [0, 0.05) is 25.1 Å². The highest BCUT2D eigenvalue weighted by molar-refractivity contribution is 5.73. The predicted molar refractivity (Wildman–Crippen MR) is 72.0 cm³/mol. The van der Waals surface area contributed by atoms with Crippen LogP contribution in [0.5, 0.6) is 0 Å². The molecule has 2 unspecified atom stereocenters. The zero-order valence-electron chi connectivity index (χ0n) is 11.0. The van der Waals surface area contributed by atoms with E-state index in [-0.39, 0.29) is 11.8 Å². The van der Waals surface area contributed by atoms with Crippen LogP contribution in [-0.4, -0.2) is 17.8 Å². The molecular weight excluding hydrogens is 244 g/mol. The van der Waals surface area contributed by atoms with Crippen molar-refractivity contribution in [3.8, 4) is 0 Å². The number of aryl methyl sites for hydroxylation is 1. The summed E-state index contributed by atoms with van der Waals surface area (Å²) in [6.07, 6.45) is 0.985. The van der Waals surface area contributed by atoms with Gasteiger partial charge in [0.15, 0.2) is 5.58 Å². The maximum absolute atomic E-state index is 11.7. The van der Waals surface area contributed by atoms with Gasteiger partial charge in [-0.05, 0) is 31.0 Å². The Morgan fingerprint density at radius 3 is 3.05 bits per heavy atom. The van der Waals surface area contributed by atoms with Gasteiger partial charge >= 0.3 is 5.76 Å². The predicted octanol–water partition coefficient (Wildman–Crippen LogP) is 1.65. The van der Waals surface area contributed by atoms with Gasteiger partial charge < -0.3 is 14.9 Å². The summed E-state index contributed by atoms with van der Waals surface area (Å²) in [5.41, 5.74) is 8.70. The fraction of sp³-hybridized carbons (Fsp3) is 0.500. The van der Waals surface area contributed by atoms with Crippen LogP contribution in [0.3, 0.4) is 0 Å². The summed E-state index contributed by atoms with van der Waals surface area (Å²) in [5, 5.41) is 0. The van der Waals surface area contributed by atoms with E-state index in [0.717, 1.165) is 24.1 Å². The van der Waals surface area contributed by atoms with E-state index in [1.54, 1.807) is 4.57 Å². The highest BCUT2D eigenvalue weighted by Gasteiger charge is 2.24. The minimum atomic E-state index is -0.313. The Bertz CT molecular complexity index is 638. The molecule has 1 aliphatic heterocycles. The third-order valence-electron chi connectivity index (χ3n) is 3.87. The normalized spacial score (nSPS) is 21.1. The first-order valence-electron chi connectivity index (χ1n) is 6.67. The summed E-state index contributed by atoms with van der Waals surface area (Å²) >= 11 is 0. The molecule has 1 aromatic carbocycles. The molecule has 0 saturated carbocycles. The summed E-state index contributed by atoms with van der Waals surface area (Å²) in [5.74, 6) is 0.0323. The quantitative estimate of drug-likeness (QED) is 0.913. The second-order valence-electron chi connectivity index (χ2n) is 4.99. The Hall–Kier alpha value is -1.59. The standard InChI is InChI=1S/C14H18N2O3/c1-2-16-11-4-3-9(7-12(11)19-14(16)17)13(15)10-5-6-18-8-10/h3-4,7,10,13H,2,5-6,8,15H2,1H3. The average Bonchev–Trinajstić information content (AvgIpc) is 3.03. The molecule has 2 aromatic rings. The molecule has 2 N–H and O–H groups in total. The molecule has 0 bridgehead atoms. The van der Waals surface area contributed by atoms with Crippen molar-refractivity contribution in [3.05, 3.63) is 34.3 Å². The number of benzene rings is 1. The highest BCUT2D eigenvalue weighted by Crippen LogP contribution is 2.28. The van der Waals surface area contributed by atoms with Crippen LogP contribution in [0.15, 0.2) is 27.4 Å². The van der Waals surface area contributed by atoms with E-state index in [4.69, 9.17) is 14.9 Å². The van der Waals surface area contributed by atoms with Crippen molar-refractivity contribution < 1.29 is 9.15 Å². The lowest BCUT2D eigenvalue weighted by molar-refractivity contribution is 0.181. The zero-order chi connectivity index (χ0) is 13.4. The van der Waals surface area contributed by atoms with E-state index < -0.39 is 0 Å². The number of hydrogen-bond acceptors (Lipinski definition) is 4. The third-order valence-corrected chi connectivity index (χ3v) is 3.87. The van der Waals surface area contributed by atoms with Crippen LogP contribution in [0, 0.1) is 5.92 Å². The lowest BCUT2D eigenvalue weighted by atomic mass is 9.93. The summed E-state index contributed by atoms with van der Waals surface area (Å²) < 4.78 is 12.2. The molecule has 5 nitrogen and oxygen atoms in total. The summed E-state index contributed by atoms with van der Waals surface area (Å²) in [4.78, 5) is 11.7. The zero-order valence-corrected chi connectivity index (χ0v) is 11.0. The van der Waals surface area contributed by atoms with Crippen LogP contribution >= 0.6 is 0 Å². The van der Waals surface area contributed by atoms with Crippen LogP contribution < -0.4 is 11.5 Å². The SMILES string of the molecule is CCn1c(=O)oc2cc(C(N)C3CCOC3)ccc21. The average molecular weight is 262 g/mol. The molecule has 0 spiro atoms. The van der Waals surface area contributed by atoms with Gasteiger partial charge in [-0.25, -0.2) is 4.79 Å². The molecule has 2 atom stereocenters. The van der Waals surface area contributed by atoms with E-state index in [9.17, 15) is 4.79 Å². The highest BCUT2D eigenvalue weighted by atomic mass is 16.5. The van der Waals surface area contributed by atoms with Gasteiger partial charge in [0.1, 0.15) is 0 Å². The molecule has 0 amide bonds. The first-order chi connectivity index (χ1) is 9.20. The Labute approximate surface area is 111 Å². The third kappa shape index (κ3) is 2.09. The van der Waals surface area contributed by atoms with Crippen molar-refractivity contribution in [2.75, 3.05) is 13.2 Å². The van der Waals surface area contributed by atoms with Gasteiger partial charge in [-0.3, -0.25) is 4.57 Å². The summed E-state index contributed by atoms with van der Waals surface area (Å²) in [7, 11) is 0. The number of nitrogens with two attached hydrogens (primary N) is 1. The monoisotopic (exact) mass is 262 g/mol. The Morgan fingerprint density at radius 1 is 1.53 bits per heavy atom. The van der Waals surface area contributed by atoms with Gasteiger partial charge in [0.2, 0.25) is 0 Å². The largest absolute Gasteiger partial charge is 0.419 e. The lowest BCUT2D eigenvalue weighted by Gasteiger charge is -2.17. The Balaban J connectivity index is 1.99. The number of aromatic nitrogens is 1. The van der Waals surface area contributed by atoms with Crippen molar-refractivity contribution in [1.82, 2.24) is 4.57 Å². The van der Waals surface area contributed by atoms with Crippen molar-refractivity contribution in [1.29, 1.82) is 0 Å². The first kappa shape index (κ1) is 12.4. The van der Waals surface area contributed by atoms with E-state index >= 15 is 0 Å². The molecule has 102 valence electrons. The van der Waals surface area contributed by atoms with Gasteiger partial charge in [0.05, 0.1) is 12.1 Å². The fourth-order valence-electron chi connectivity index (χ4n) is 2.70. The molecule has 19 heavy (non-hydrogen) atoms. The molecule has 1 fully saturated rings. The molecule has 0 radical (unpaired) electrons. The van der Waals surface area contributed by atoms with Crippen LogP contribution in [0.1, 0.15) is 24.9 Å². The second kappa shape index (κ2) is 4.83. The minimum Gasteiger partial charge on any atom is -0.408 e. The maximum Gasteiger partial charge on any atom is 0.419 e. The number of hydrogen-bond donors (Lipinski definition) is 1. The first-order valence-corrected chi connectivity index (χ1v) is 6.67. The van der Waals surface area contributed by atoms with E-state index in [1.165, 1.54) is 0 Å². The molecule has 1 saturated heterocycles. The van der Waals surface area contributed by atoms with E-state index in [2.05, 4.69) is 0 Å². The molecule has 3 rings (SSSR count). The number of rotatable bonds is 3. The topological polar surface area (TPSA) is 70.4 Å². The smallest absolute Gasteiger partial charge is 0.408 e. The van der Waals surface area contributed by atoms with Crippen LogP contribution in [0.4, 0.5) is 0 Å². The van der Waals surface area contributed by atoms with Crippen LogP contribution in [0.25, 0.3) is 11.1 Å². The lowest BCUT2D eigenvalue weighted by Crippen LogP contribution is -2.21. The fourth-order valence-corrected chi connectivity index (χ4v) is 2.70. The van der Waals surface area contributed by atoms with E-state index in [1.807, 2.05) is 25.1 Å². The number of nitrogens with zero attached hydrogens (tertiary/aromatic N) is 1.